The van der Waals surface area contributed by atoms with Gasteiger partial charge in [0.2, 0.25) is 0 Å². The lowest BCUT2D eigenvalue weighted by molar-refractivity contribution is 0.426. The van der Waals surface area contributed by atoms with Crippen LogP contribution in [0.5, 0.6) is 0 Å². The summed E-state index contributed by atoms with van der Waals surface area (Å²) in [6.45, 7) is 7.21. The second-order valence-electron chi connectivity index (χ2n) is 5.38. The van der Waals surface area contributed by atoms with Gasteiger partial charge < -0.3 is 5.32 Å². The van der Waals surface area contributed by atoms with Gasteiger partial charge in [-0.1, -0.05) is 29.3 Å². The van der Waals surface area contributed by atoms with Gasteiger partial charge in [0.05, 0.1) is 15.7 Å². The Bertz CT molecular complexity index is 553. The SMILES string of the molecule is CC(C)(C)NCc1cc(-c2c(Cl)cccc2Cl)ns1. The van der Waals surface area contributed by atoms with Gasteiger partial charge in [-0.05, 0) is 50.5 Å². The zero-order valence-corrected chi connectivity index (χ0v) is 13.5. The summed E-state index contributed by atoms with van der Waals surface area (Å²) < 4.78 is 4.44. The molecule has 102 valence electrons. The van der Waals surface area contributed by atoms with Gasteiger partial charge in [-0.25, -0.2) is 0 Å². The number of nitrogens with zero attached hydrogens (tertiary/aromatic N) is 1. The Morgan fingerprint density at radius 2 is 1.84 bits per heavy atom. The molecule has 0 bridgehead atoms. The van der Waals surface area contributed by atoms with Crippen molar-refractivity contribution in [2.45, 2.75) is 32.9 Å². The van der Waals surface area contributed by atoms with Gasteiger partial charge in [0.1, 0.15) is 0 Å². The van der Waals surface area contributed by atoms with Crippen molar-refractivity contribution in [3.63, 3.8) is 0 Å². The number of hydrogen-bond donors (Lipinski definition) is 1. The standard InChI is InChI=1S/C14H16Cl2N2S/c1-14(2,3)17-8-9-7-12(18-19-9)13-10(15)5-4-6-11(13)16/h4-7,17H,8H2,1-3H3. The van der Waals surface area contributed by atoms with Crippen molar-refractivity contribution in [1.29, 1.82) is 0 Å². The molecule has 0 fully saturated rings. The van der Waals surface area contributed by atoms with Crippen molar-refractivity contribution in [2.75, 3.05) is 0 Å². The van der Waals surface area contributed by atoms with Crippen LogP contribution in [0.1, 0.15) is 25.6 Å². The average molecular weight is 315 g/mol. The Morgan fingerprint density at radius 1 is 1.21 bits per heavy atom. The largest absolute Gasteiger partial charge is 0.307 e. The lowest BCUT2D eigenvalue weighted by Crippen LogP contribution is -2.34. The molecule has 5 heteroatoms. The van der Waals surface area contributed by atoms with Crippen LogP contribution in [0.3, 0.4) is 0 Å². The molecular weight excluding hydrogens is 299 g/mol. The van der Waals surface area contributed by atoms with Gasteiger partial charge in [-0.2, -0.15) is 4.37 Å². The molecule has 2 aromatic rings. The summed E-state index contributed by atoms with van der Waals surface area (Å²) in [5, 5.41) is 4.70. The molecule has 0 saturated carbocycles. The van der Waals surface area contributed by atoms with E-state index in [1.54, 1.807) is 0 Å². The van der Waals surface area contributed by atoms with E-state index < -0.39 is 0 Å². The molecule has 2 rings (SSSR count). The molecule has 1 N–H and O–H groups in total. The van der Waals surface area contributed by atoms with Crippen LogP contribution in [-0.4, -0.2) is 9.91 Å². The van der Waals surface area contributed by atoms with Gasteiger partial charge in [0.25, 0.3) is 0 Å². The van der Waals surface area contributed by atoms with Crippen LogP contribution in [0.4, 0.5) is 0 Å². The van der Waals surface area contributed by atoms with E-state index in [4.69, 9.17) is 23.2 Å². The fourth-order valence-electron chi connectivity index (χ4n) is 1.61. The normalized spacial score (nSPS) is 11.8. The molecule has 1 heterocycles. The zero-order chi connectivity index (χ0) is 14.0. The Balaban J connectivity index is 2.22. The highest BCUT2D eigenvalue weighted by atomic mass is 35.5. The molecule has 0 spiro atoms. The third kappa shape index (κ3) is 3.93. The lowest BCUT2D eigenvalue weighted by Gasteiger charge is -2.19. The molecule has 2 nitrogen and oxygen atoms in total. The minimum atomic E-state index is 0.0895. The number of benzene rings is 1. The first-order valence-electron chi connectivity index (χ1n) is 6.02. The highest BCUT2D eigenvalue weighted by molar-refractivity contribution is 7.06. The molecule has 0 amide bonds. The van der Waals surface area contributed by atoms with Crippen molar-refractivity contribution >= 4 is 34.7 Å². The first-order chi connectivity index (χ1) is 8.87. The van der Waals surface area contributed by atoms with E-state index in [2.05, 4.69) is 30.5 Å². The topological polar surface area (TPSA) is 24.9 Å². The molecular formula is C14H16Cl2N2S. The second kappa shape index (κ2) is 5.80. The Hall–Kier alpha value is -0.610. The maximum absolute atomic E-state index is 6.19. The fraction of sp³-hybridized carbons (Fsp3) is 0.357. The number of aromatic nitrogens is 1. The summed E-state index contributed by atoms with van der Waals surface area (Å²) in [5.41, 5.74) is 1.74. The minimum Gasteiger partial charge on any atom is -0.307 e. The van der Waals surface area contributed by atoms with E-state index >= 15 is 0 Å². The van der Waals surface area contributed by atoms with E-state index in [1.807, 2.05) is 24.3 Å². The summed E-state index contributed by atoms with van der Waals surface area (Å²) in [6, 6.07) is 7.53. The molecule has 19 heavy (non-hydrogen) atoms. The number of nitrogens with one attached hydrogen (secondary N) is 1. The van der Waals surface area contributed by atoms with E-state index in [1.165, 1.54) is 16.4 Å². The van der Waals surface area contributed by atoms with Crippen LogP contribution in [0.15, 0.2) is 24.3 Å². The molecule has 0 aliphatic heterocycles. The van der Waals surface area contributed by atoms with Crippen molar-refractivity contribution in [3.8, 4) is 11.3 Å². The number of halogens is 2. The maximum Gasteiger partial charge on any atom is 0.0874 e. The van der Waals surface area contributed by atoms with Crippen molar-refractivity contribution in [2.24, 2.45) is 0 Å². The van der Waals surface area contributed by atoms with E-state index in [0.29, 0.717) is 10.0 Å². The smallest absolute Gasteiger partial charge is 0.0874 e. The summed E-state index contributed by atoms with van der Waals surface area (Å²) in [6.07, 6.45) is 0. The van der Waals surface area contributed by atoms with Crippen LogP contribution in [0.2, 0.25) is 10.0 Å². The predicted molar refractivity (Wildman–Crippen MR) is 84.2 cm³/mol. The van der Waals surface area contributed by atoms with Crippen molar-refractivity contribution < 1.29 is 0 Å². The summed E-state index contributed by atoms with van der Waals surface area (Å²) in [5.74, 6) is 0. The second-order valence-corrected chi connectivity index (χ2v) is 7.08. The zero-order valence-electron chi connectivity index (χ0n) is 11.1. The summed E-state index contributed by atoms with van der Waals surface area (Å²) in [7, 11) is 0. The maximum atomic E-state index is 6.19. The van der Waals surface area contributed by atoms with Crippen molar-refractivity contribution in [3.05, 3.63) is 39.2 Å². The molecule has 0 saturated heterocycles. The van der Waals surface area contributed by atoms with Crippen LogP contribution in [0, 0.1) is 0 Å². The highest BCUT2D eigenvalue weighted by Crippen LogP contribution is 2.34. The quantitative estimate of drug-likeness (QED) is 0.861. The fourth-order valence-corrected chi connectivity index (χ4v) is 2.86. The highest BCUT2D eigenvalue weighted by Gasteiger charge is 2.14. The first-order valence-corrected chi connectivity index (χ1v) is 7.55. The number of hydrogen-bond acceptors (Lipinski definition) is 3. The average Bonchev–Trinajstić information content (AvgIpc) is 2.74. The third-order valence-corrected chi connectivity index (χ3v) is 3.99. The van der Waals surface area contributed by atoms with Gasteiger partial charge in [0, 0.05) is 22.5 Å². The Kier molecular flexibility index (Phi) is 4.51. The van der Waals surface area contributed by atoms with Crippen molar-refractivity contribution in [1.82, 2.24) is 9.69 Å². The van der Waals surface area contributed by atoms with Crippen LogP contribution in [0.25, 0.3) is 11.3 Å². The lowest BCUT2D eigenvalue weighted by atomic mass is 10.1. The summed E-state index contributed by atoms with van der Waals surface area (Å²) >= 11 is 13.8. The van der Waals surface area contributed by atoms with Crippen LogP contribution in [-0.2, 0) is 6.54 Å². The number of rotatable bonds is 3. The molecule has 0 atom stereocenters. The van der Waals surface area contributed by atoms with E-state index in [9.17, 15) is 0 Å². The molecule has 0 unspecified atom stereocenters. The predicted octanol–water partition coefficient (Wildman–Crippen LogP) is 5.01. The van der Waals surface area contributed by atoms with E-state index in [-0.39, 0.29) is 5.54 Å². The molecule has 0 aliphatic carbocycles. The Morgan fingerprint density at radius 3 is 2.42 bits per heavy atom. The first kappa shape index (κ1) is 14.8. The molecule has 0 aliphatic rings. The molecule has 1 aromatic heterocycles. The van der Waals surface area contributed by atoms with Crippen LogP contribution >= 0.6 is 34.7 Å². The minimum absolute atomic E-state index is 0.0895. The van der Waals surface area contributed by atoms with Gasteiger partial charge in [-0.15, -0.1) is 0 Å². The summed E-state index contributed by atoms with van der Waals surface area (Å²) in [4.78, 5) is 1.17. The Labute approximate surface area is 127 Å². The molecule has 1 aromatic carbocycles. The van der Waals surface area contributed by atoms with Gasteiger partial charge >= 0.3 is 0 Å². The van der Waals surface area contributed by atoms with Gasteiger partial charge in [-0.3, -0.25) is 0 Å². The monoisotopic (exact) mass is 314 g/mol. The van der Waals surface area contributed by atoms with E-state index in [0.717, 1.165) is 17.8 Å². The van der Waals surface area contributed by atoms with Crippen LogP contribution < -0.4 is 5.32 Å². The third-order valence-electron chi connectivity index (χ3n) is 2.57. The molecule has 0 radical (unpaired) electrons. The van der Waals surface area contributed by atoms with Gasteiger partial charge in [0.15, 0.2) is 0 Å².